The average molecular weight is 676 g/mol. The van der Waals surface area contributed by atoms with E-state index in [0.717, 1.165) is 56.1 Å². The van der Waals surface area contributed by atoms with Gasteiger partial charge in [0.1, 0.15) is 23.0 Å². The lowest BCUT2D eigenvalue weighted by molar-refractivity contribution is 0.464. The first-order chi connectivity index (χ1) is 26.3. The number of ether oxygens (including phenoxy) is 2. The fraction of sp³-hybridized carbons (Fsp3) is 0.0204. The molecule has 2 aliphatic heterocycles. The van der Waals surface area contributed by atoms with Crippen molar-refractivity contribution in [3.63, 3.8) is 0 Å². The second-order valence-corrected chi connectivity index (χ2v) is 14.3. The fourth-order valence-electron chi connectivity index (χ4n) is 9.78. The highest BCUT2D eigenvalue weighted by atomic mass is 16.5. The van der Waals surface area contributed by atoms with Gasteiger partial charge in [0.2, 0.25) is 0 Å². The number of aromatic nitrogens is 1. The summed E-state index contributed by atoms with van der Waals surface area (Å²) in [5.41, 5.74) is 13.8. The SMILES string of the molecule is c1ccc(C2(c3ccccc3)c3ccccc3-c3ccc4c(c32)c2ccccc2n4-c2cc3c4c(c2)Oc2ccccc2B4c2ccccc2O3)cc1. The molecule has 0 fully saturated rings. The van der Waals surface area contributed by atoms with Gasteiger partial charge in [-0.25, -0.2) is 0 Å². The molecule has 12 rings (SSSR count). The summed E-state index contributed by atoms with van der Waals surface area (Å²) >= 11 is 0. The van der Waals surface area contributed by atoms with Crippen molar-refractivity contribution >= 4 is 44.9 Å². The van der Waals surface area contributed by atoms with Crippen molar-refractivity contribution in [2.75, 3.05) is 0 Å². The van der Waals surface area contributed by atoms with Crippen LogP contribution in [0.3, 0.4) is 0 Å². The van der Waals surface area contributed by atoms with Crippen molar-refractivity contribution in [2.24, 2.45) is 0 Å². The van der Waals surface area contributed by atoms with Crippen molar-refractivity contribution in [3.8, 4) is 39.8 Å². The number of para-hydroxylation sites is 3. The van der Waals surface area contributed by atoms with Gasteiger partial charge >= 0.3 is 0 Å². The third-order valence-electron chi connectivity index (χ3n) is 11.8. The van der Waals surface area contributed by atoms with Crippen LogP contribution in [-0.4, -0.2) is 11.3 Å². The molecule has 3 aliphatic rings. The predicted octanol–water partition coefficient (Wildman–Crippen LogP) is 9.87. The van der Waals surface area contributed by atoms with E-state index in [2.05, 4.69) is 187 Å². The van der Waals surface area contributed by atoms with Gasteiger partial charge in [-0.1, -0.05) is 146 Å². The van der Waals surface area contributed by atoms with E-state index in [1.807, 2.05) is 0 Å². The predicted molar refractivity (Wildman–Crippen MR) is 216 cm³/mol. The summed E-state index contributed by atoms with van der Waals surface area (Å²) in [4.78, 5) is 0. The molecule has 53 heavy (non-hydrogen) atoms. The molecule has 0 atom stereocenters. The smallest absolute Gasteiger partial charge is 0.260 e. The van der Waals surface area contributed by atoms with Crippen LogP contribution in [0.25, 0.3) is 38.6 Å². The van der Waals surface area contributed by atoms with Crippen molar-refractivity contribution in [1.29, 1.82) is 0 Å². The highest BCUT2D eigenvalue weighted by Gasteiger charge is 2.48. The first-order valence-corrected chi connectivity index (χ1v) is 18.3. The molecule has 0 saturated carbocycles. The number of rotatable bonds is 3. The van der Waals surface area contributed by atoms with Crippen LogP contribution < -0.4 is 25.9 Å². The topological polar surface area (TPSA) is 23.4 Å². The molecule has 0 bridgehead atoms. The van der Waals surface area contributed by atoms with E-state index in [9.17, 15) is 0 Å². The monoisotopic (exact) mass is 675 g/mol. The van der Waals surface area contributed by atoms with E-state index < -0.39 is 5.41 Å². The van der Waals surface area contributed by atoms with Crippen molar-refractivity contribution in [1.82, 2.24) is 4.57 Å². The van der Waals surface area contributed by atoms with E-state index in [1.165, 1.54) is 44.2 Å². The second kappa shape index (κ2) is 10.6. The minimum Gasteiger partial charge on any atom is -0.458 e. The molecule has 0 saturated heterocycles. The molecule has 1 aliphatic carbocycles. The largest absolute Gasteiger partial charge is 0.458 e. The van der Waals surface area contributed by atoms with Gasteiger partial charge in [-0.2, -0.15) is 0 Å². The minimum atomic E-state index is -0.530. The Morgan fingerprint density at radius 3 is 1.70 bits per heavy atom. The second-order valence-electron chi connectivity index (χ2n) is 14.3. The van der Waals surface area contributed by atoms with Crippen LogP contribution in [-0.2, 0) is 5.41 Å². The first kappa shape index (κ1) is 28.9. The van der Waals surface area contributed by atoms with Crippen LogP contribution in [0.15, 0.2) is 182 Å². The maximum Gasteiger partial charge on any atom is 0.260 e. The molecule has 3 nitrogen and oxygen atoms in total. The standard InChI is InChI=1S/C49H30BNO2/c1-3-15-31(16-4-1)49(32-17-5-2-6-18-32)37-21-9-7-19-34(37)35-27-28-41-46(47(35)49)36-20-8-12-24-40(36)51(41)33-29-44-48-45(30-33)53-43-26-14-11-23-39(43)50(48)38-22-10-13-25-42(38)52-44/h1-30H. The molecule has 246 valence electrons. The Balaban J connectivity index is 1.19. The Hall–Kier alpha value is -6.78. The summed E-state index contributed by atoms with van der Waals surface area (Å²) in [5.74, 6) is 3.44. The minimum absolute atomic E-state index is 0.0289. The normalized spacial score (nSPS) is 14.1. The number of benzene rings is 8. The van der Waals surface area contributed by atoms with Gasteiger partial charge in [0.15, 0.2) is 0 Å². The van der Waals surface area contributed by atoms with Gasteiger partial charge < -0.3 is 14.0 Å². The van der Waals surface area contributed by atoms with Gasteiger partial charge in [0.25, 0.3) is 6.71 Å². The van der Waals surface area contributed by atoms with Gasteiger partial charge in [0, 0.05) is 28.4 Å². The summed E-state index contributed by atoms with van der Waals surface area (Å²) in [5, 5.41) is 2.47. The lowest BCUT2D eigenvalue weighted by Gasteiger charge is -2.34. The first-order valence-electron chi connectivity index (χ1n) is 18.3. The molecule has 1 aromatic heterocycles. The summed E-state index contributed by atoms with van der Waals surface area (Å²) in [7, 11) is 0. The van der Waals surface area contributed by atoms with Crippen LogP contribution in [0.1, 0.15) is 22.3 Å². The van der Waals surface area contributed by atoms with Crippen LogP contribution in [0, 0.1) is 0 Å². The lowest BCUT2D eigenvalue weighted by atomic mass is 9.35. The highest BCUT2D eigenvalue weighted by Crippen LogP contribution is 2.59. The Morgan fingerprint density at radius 1 is 0.453 bits per heavy atom. The van der Waals surface area contributed by atoms with Gasteiger partial charge in [0.05, 0.1) is 22.1 Å². The van der Waals surface area contributed by atoms with Gasteiger partial charge in [-0.05, 0) is 68.6 Å². The van der Waals surface area contributed by atoms with E-state index in [4.69, 9.17) is 9.47 Å². The zero-order valence-corrected chi connectivity index (χ0v) is 28.7. The molecule has 0 radical (unpaired) electrons. The van der Waals surface area contributed by atoms with Crippen LogP contribution in [0.2, 0.25) is 0 Å². The molecule has 9 aromatic rings. The zero-order chi connectivity index (χ0) is 34.7. The third-order valence-corrected chi connectivity index (χ3v) is 11.8. The van der Waals surface area contributed by atoms with E-state index in [1.54, 1.807) is 0 Å². The molecule has 0 amide bonds. The third kappa shape index (κ3) is 3.74. The molecule has 4 heteroatoms. The van der Waals surface area contributed by atoms with Gasteiger partial charge in [-0.3, -0.25) is 0 Å². The quantitative estimate of drug-likeness (QED) is 0.174. The lowest BCUT2D eigenvalue weighted by Crippen LogP contribution is -2.57. The molecule has 3 heterocycles. The Kier molecular flexibility index (Phi) is 5.79. The van der Waals surface area contributed by atoms with E-state index in [-0.39, 0.29) is 6.71 Å². The van der Waals surface area contributed by atoms with E-state index >= 15 is 0 Å². The molecule has 0 N–H and O–H groups in total. The average Bonchev–Trinajstić information content (AvgIpc) is 3.72. The number of nitrogens with zero attached hydrogens (tertiary/aromatic N) is 1. The molecule has 8 aromatic carbocycles. The Labute approximate surface area is 307 Å². The highest BCUT2D eigenvalue weighted by molar-refractivity contribution is 6.98. The van der Waals surface area contributed by atoms with Crippen molar-refractivity contribution in [3.05, 3.63) is 204 Å². The number of hydrogen-bond donors (Lipinski definition) is 0. The van der Waals surface area contributed by atoms with Crippen LogP contribution in [0.5, 0.6) is 23.0 Å². The number of hydrogen-bond acceptors (Lipinski definition) is 2. The van der Waals surface area contributed by atoms with Crippen molar-refractivity contribution < 1.29 is 9.47 Å². The molecular formula is C49H30BNO2. The Morgan fingerprint density at radius 2 is 1.02 bits per heavy atom. The van der Waals surface area contributed by atoms with Crippen LogP contribution >= 0.6 is 0 Å². The molecular weight excluding hydrogens is 645 g/mol. The number of fused-ring (bicyclic) bond motifs is 11. The van der Waals surface area contributed by atoms with Crippen LogP contribution in [0.4, 0.5) is 0 Å². The van der Waals surface area contributed by atoms with E-state index in [0.29, 0.717) is 0 Å². The Bertz CT molecular complexity index is 2860. The maximum absolute atomic E-state index is 6.77. The maximum atomic E-state index is 6.77. The summed E-state index contributed by atoms with van der Waals surface area (Å²) < 4.78 is 16.0. The van der Waals surface area contributed by atoms with Gasteiger partial charge in [-0.15, -0.1) is 0 Å². The summed E-state index contributed by atoms with van der Waals surface area (Å²) in [6.45, 7) is 0.0289. The zero-order valence-electron chi connectivity index (χ0n) is 28.7. The van der Waals surface area contributed by atoms with Crippen molar-refractivity contribution in [2.45, 2.75) is 5.41 Å². The fourth-order valence-corrected chi connectivity index (χ4v) is 9.78. The molecule has 0 unspecified atom stereocenters. The molecule has 0 spiro atoms. The summed E-state index contributed by atoms with van der Waals surface area (Å²) in [6.07, 6.45) is 0. The summed E-state index contributed by atoms with van der Waals surface area (Å²) in [6, 6.07) is 65.9.